The fraction of sp³-hybridized carbons (Fsp3) is 0.923. The Labute approximate surface area is 102 Å². The maximum atomic E-state index is 12.2. The van der Waals surface area contributed by atoms with Crippen LogP contribution in [0.1, 0.15) is 45.4 Å². The first-order valence-corrected chi connectivity index (χ1v) is 6.81. The zero-order valence-corrected chi connectivity index (χ0v) is 10.4. The van der Waals surface area contributed by atoms with E-state index in [2.05, 4.69) is 0 Å². The summed E-state index contributed by atoms with van der Waals surface area (Å²) in [4.78, 5) is 14.1. The number of amides is 1. The predicted octanol–water partition coefficient (Wildman–Crippen LogP) is 1.27. The average Bonchev–Trinajstić information content (AvgIpc) is 2.28. The molecule has 3 atom stereocenters. The Morgan fingerprint density at radius 1 is 1.41 bits per heavy atom. The molecule has 3 aliphatic rings. The van der Waals surface area contributed by atoms with Crippen LogP contribution in [0.3, 0.4) is 0 Å². The standard InChI is InChI=1S/C13H21NO3/c1-9(15)11-10-5-8-17-13(14(10)12(11)16)6-3-2-4-7-13/h9-11,15H,2-8H2,1H3/t9-,10+,11+/m0/s1. The van der Waals surface area contributed by atoms with Crippen LogP contribution >= 0.6 is 0 Å². The molecule has 4 heteroatoms. The van der Waals surface area contributed by atoms with Crippen molar-refractivity contribution in [1.29, 1.82) is 0 Å². The topological polar surface area (TPSA) is 49.8 Å². The summed E-state index contributed by atoms with van der Waals surface area (Å²) in [5.41, 5.74) is -0.316. The first-order chi connectivity index (χ1) is 8.16. The van der Waals surface area contributed by atoms with Gasteiger partial charge in [-0.25, -0.2) is 0 Å². The Balaban J connectivity index is 1.82. The van der Waals surface area contributed by atoms with E-state index < -0.39 is 6.10 Å². The van der Waals surface area contributed by atoms with Crippen LogP contribution in [-0.4, -0.2) is 40.4 Å². The molecule has 96 valence electrons. The van der Waals surface area contributed by atoms with Gasteiger partial charge in [0, 0.05) is 0 Å². The third kappa shape index (κ3) is 1.54. The number of hydrogen-bond acceptors (Lipinski definition) is 3. The number of carbonyl (C=O) groups is 1. The van der Waals surface area contributed by atoms with Crippen LogP contribution in [0.4, 0.5) is 0 Å². The van der Waals surface area contributed by atoms with E-state index in [0.717, 1.165) is 38.7 Å². The summed E-state index contributed by atoms with van der Waals surface area (Å²) in [6, 6.07) is 0.217. The average molecular weight is 239 g/mol. The quantitative estimate of drug-likeness (QED) is 0.701. The Kier molecular flexibility index (Phi) is 2.67. The molecule has 2 heterocycles. The number of carbonyl (C=O) groups excluding carboxylic acids is 1. The lowest BCUT2D eigenvalue weighted by Crippen LogP contribution is -2.75. The molecular formula is C13H21NO3. The van der Waals surface area contributed by atoms with Crippen molar-refractivity contribution >= 4 is 5.91 Å². The van der Waals surface area contributed by atoms with E-state index in [0.29, 0.717) is 0 Å². The van der Waals surface area contributed by atoms with E-state index in [1.54, 1.807) is 6.92 Å². The number of rotatable bonds is 1. The molecule has 0 bridgehead atoms. The van der Waals surface area contributed by atoms with E-state index in [-0.39, 0.29) is 23.6 Å². The molecule has 1 saturated carbocycles. The van der Waals surface area contributed by atoms with Crippen LogP contribution in [0.25, 0.3) is 0 Å². The second-order valence-corrected chi connectivity index (χ2v) is 5.69. The SMILES string of the molecule is C[C@H](O)[C@H]1C(=O)N2[C@@H]1CCOC21CCCCC1. The van der Waals surface area contributed by atoms with E-state index in [1.165, 1.54) is 6.42 Å². The Hall–Kier alpha value is -0.610. The lowest BCUT2D eigenvalue weighted by molar-refractivity contribution is -0.261. The van der Waals surface area contributed by atoms with Crippen molar-refractivity contribution in [3.63, 3.8) is 0 Å². The van der Waals surface area contributed by atoms with Gasteiger partial charge < -0.3 is 14.7 Å². The Morgan fingerprint density at radius 2 is 2.12 bits per heavy atom. The van der Waals surface area contributed by atoms with Crippen molar-refractivity contribution in [2.75, 3.05) is 6.61 Å². The maximum Gasteiger partial charge on any atom is 0.232 e. The maximum absolute atomic E-state index is 12.2. The summed E-state index contributed by atoms with van der Waals surface area (Å²) < 4.78 is 5.96. The molecular weight excluding hydrogens is 218 g/mol. The van der Waals surface area contributed by atoms with Gasteiger partial charge in [-0.1, -0.05) is 6.42 Å². The molecule has 0 aromatic heterocycles. The highest BCUT2D eigenvalue weighted by Gasteiger charge is 2.60. The fourth-order valence-corrected chi connectivity index (χ4v) is 3.84. The molecule has 0 unspecified atom stereocenters. The molecule has 1 spiro atoms. The highest BCUT2D eigenvalue weighted by Crippen LogP contribution is 2.47. The normalized spacial score (nSPS) is 37.5. The molecule has 0 radical (unpaired) electrons. The van der Waals surface area contributed by atoms with Gasteiger partial charge >= 0.3 is 0 Å². The molecule has 1 aliphatic carbocycles. The van der Waals surface area contributed by atoms with Crippen LogP contribution in [0.2, 0.25) is 0 Å². The van der Waals surface area contributed by atoms with Crippen LogP contribution in [0.5, 0.6) is 0 Å². The van der Waals surface area contributed by atoms with Gasteiger partial charge in [-0.2, -0.15) is 0 Å². The van der Waals surface area contributed by atoms with Gasteiger partial charge in [-0.3, -0.25) is 4.79 Å². The van der Waals surface area contributed by atoms with Crippen LogP contribution < -0.4 is 0 Å². The molecule has 0 aromatic carbocycles. The van der Waals surface area contributed by atoms with E-state index in [9.17, 15) is 9.90 Å². The smallest absolute Gasteiger partial charge is 0.232 e. The number of ether oxygens (including phenoxy) is 1. The van der Waals surface area contributed by atoms with Crippen molar-refractivity contribution in [2.24, 2.45) is 5.92 Å². The van der Waals surface area contributed by atoms with Crippen molar-refractivity contribution in [1.82, 2.24) is 4.90 Å². The molecule has 4 nitrogen and oxygen atoms in total. The van der Waals surface area contributed by atoms with Gasteiger partial charge in [0.1, 0.15) is 5.72 Å². The van der Waals surface area contributed by atoms with Crippen molar-refractivity contribution < 1.29 is 14.6 Å². The van der Waals surface area contributed by atoms with Crippen molar-refractivity contribution in [3.8, 4) is 0 Å². The van der Waals surface area contributed by atoms with Crippen LogP contribution in [0.15, 0.2) is 0 Å². The number of aliphatic hydroxyl groups excluding tert-OH is 1. The lowest BCUT2D eigenvalue weighted by atomic mass is 9.75. The minimum Gasteiger partial charge on any atom is -0.393 e. The summed E-state index contributed by atoms with van der Waals surface area (Å²) in [6.07, 6.45) is 5.85. The number of hydrogen-bond donors (Lipinski definition) is 1. The first kappa shape index (κ1) is 11.5. The zero-order chi connectivity index (χ0) is 12.0. The minimum absolute atomic E-state index is 0.103. The van der Waals surface area contributed by atoms with E-state index in [1.807, 2.05) is 4.90 Å². The second-order valence-electron chi connectivity index (χ2n) is 5.69. The van der Waals surface area contributed by atoms with E-state index >= 15 is 0 Å². The minimum atomic E-state index is -0.525. The zero-order valence-electron chi connectivity index (χ0n) is 10.4. The van der Waals surface area contributed by atoms with Gasteiger partial charge in [-0.15, -0.1) is 0 Å². The van der Waals surface area contributed by atoms with Gasteiger partial charge in [0.05, 0.1) is 24.7 Å². The number of fused-ring (bicyclic) bond motifs is 2. The molecule has 2 saturated heterocycles. The molecule has 0 aromatic rings. The van der Waals surface area contributed by atoms with Gasteiger partial charge in [0.15, 0.2) is 0 Å². The molecule has 3 rings (SSSR count). The largest absolute Gasteiger partial charge is 0.393 e. The molecule has 17 heavy (non-hydrogen) atoms. The highest BCUT2D eigenvalue weighted by molar-refractivity contribution is 5.87. The summed E-state index contributed by atoms with van der Waals surface area (Å²) in [7, 11) is 0. The Bertz CT molecular complexity index is 317. The van der Waals surface area contributed by atoms with Crippen molar-refractivity contribution in [2.45, 2.75) is 63.3 Å². The van der Waals surface area contributed by atoms with Crippen LogP contribution in [-0.2, 0) is 9.53 Å². The predicted molar refractivity (Wildman–Crippen MR) is 62.2 cm³/mol. The number of aliphatic hydroxyl groups is 1. The first-order valence-electron chi connectivity index (χ1n) is 6.81. The van der Waals surface area contributed by atoms with Gasteiger partial charge in [0.25, 0.3) is 0 Å². The molecule has 1 N–H and O–H groups in total. The van der Waals surface area contributed by atoms with Gasteiger partial charge in [-0.05, 0) is 39.0 Å². The molecule has 2 aliphatic heterocycles. The third-order valence-electron chi connectivity index (χ3n) is 4.65. The lowest BCUT2D eigenvalue weighted by Gasteiger charge is -2.61. The van der Waals surface area contributed by atoms with E-state index in [4.69, 9.17) is 4.74 Å². The van der Waals surface area contributed by atoms with Gasteiger partial charge in [0.2, 0.25) is 5.91 Å². The number of β-lactam (4-membered cyclic amide) rings is 1. The third-order valence-corrected chi connectivity index (χ3v) is 4.65. The summed E-state index contributed by atoms with van der Waals surface area (Å²) >= 11 is 0. The molecule has 3 fully saturated rings. The number of nitrogens with zero attached hydrogens (tertiary/aromatic N) is 1. The summed E-state index contributed by atoms with van der Waals surface area (Å²) in [6.45, 7) is 2.46. The monoisotopic (exact) mass is 239 g/mol. The fourth-order valence-electron chi connectivity index (χ4n) is 3.84. The highest BCUT2D eigenvalue weighted by atomic mass is 16.5. The van der Waals surface area contributed by atoms with Crippen LogP contribution in [0, 0.1) is 5.92 Å². The van der Waals surface area contributed by atoms with Crippen molar-refractivity contribution in [3.05, 3.63) is 0 Å². The Morgan fingerprint density at radius 3 is 2.76 bits per heavy atom. The molecule has 1 amide bonds. The summed E-state index contributed by atoms with van der Waals surface area (Å²) in [5.74, 6) is -0.0794. The second kappa shape index (κ2) is 3.95. The summed E-state index contributed by atoms with van der Waals surface area (Å²) in [5, 5.41) is 9.68.